The summed E-state index contributed by atoms with van der Waals surface area (Å²) in [5, 5.41) is 6.77. The molecule has 0 aromatic heterocycles. The Morgan fingerprint density at radius 1 is 1.14 bits per heavy atom. The number of nitrogens with one attached hydrogen (secondary N) is 2. The largest absolute Gasteiger partial charge is 0.369 e. The topological polar surface area (TPSA) is 62.4 Å². The van der Waals surface area contributed by atoms with Gasteiger partial charge in [-0.2, -0.15) is 4.99 Å². The van der Waals surface area contributed by atoms with Gasteiger partial charge in [0.2, 0.25) is 5.96 Å². The quantitative estimate of drug-likeness (QED) is 0.311. The molecule has 22 heavy (non-hydrogen) atoms. The van der Waals surface area contributed by atoms with Crippen molar-refractivity contribution in [3.63, 3.8) is 0 Å². The van der Waals surface area contributed by atoms with Crippen LogP contribution in [0, 0.1) is 0 Å². The molecule has 1 aromatic rings. The number of hydrogen-bond acceptors (Lipinski definition) is 1. The third kappa shape index (κ3) is 6.02. The molecule has 4 N–H and O–H groups in total. The van der Waals surface area contributed by atoms with Crippen LogP contribution in [-0.2, 0) is 12.8 Å². The number of unbranched alkanes of at least 4 members (excludes halogenated alkanes) is 2. The van der Waals surface area contributed by atoms with Crippen molar-refractivity contribution in [1.82, 2.24) is 5.32 Å². The first-order valence-corrected chi connectivity index (χ1v) is 8.52. The zero-order chi connectivity index (χ0) is 16.4. The number of para-hydroxylation sites is 1. The molecule has 0 aliphatic heterocycles. The van der Waals surface area contributed by atoms with Crippen LogP contribution in [0.1, 0.15) is 51.2 Å². The normalized spacial score (nSPS) is 11.3. The first kappa shape index (κ1) is 18.4. The van der Waals surface area contributed by atoms with Gasteiger partial charge in [-0.3, -0.25) is 0 Å². The summed E-state index contributed by atoms with van der Waals surface area (Å²) in [4.78, 5) is 4.22. The van der Waals surface area contributed by atoms with E-state index in [2.05, 4.69) is 54.6 Å². The van der Waals surface area contributed by atoms with Crippen molar-refractivity contribution < 1.29 is 0 Å². The summed E-state index contributed by atoms with van der Waals surface area (Å²) in [5.74, 6) is 0.337. The number of rotatable bonds is 7. The molecule has 0 saturated heterocycles. The minimum atomic E-state index is 0.337. The zero-order valence-corrected chi connectivity index (χ0v) is 14.7. The molecule has 1 aromatic carbocycles. The molecule has 122 valence electrons. The van der Waals surface area contributed by atoms with Crippen LogP contribution in [0.5, 0.6) is 0 Å². The fourth-order valence-electron chi connectivity index (χ4n) is 2.28. The number of hydrogen-bond donors (Lipinski definition) is 3. The van der Waals surface area contributed by atoms with Crippen LogP contribution >= 0.6 is 12.2 Å². The monoisotopic (exact) mass is 320 g/mol. The molecule has 0 unspecified atom stereocenters. The highest BCUT2D eigenvalue weighted by Crippen LogP contribution is 2.22. The summed E-state index contributed by atoms with van der Waals surface area (Å²) >= 11 is 5.20. The Hall–Kier alpha value is -1.62. The fraction of sp³-hybridized carbons (Fsp3) is 0.529. The molecule has 0 atom stereocenters. The second-order valence-electron chi connectivity index (χ2n) is 5.22. The number of anilines is 1. The van der Waals surface area contributed by atoms with Crippen LogP contribution in [0.15, 0.2) is 23.2 Å². The highest BCUT2D eigenvalue weighted by atomic mass is 32.1. The first-order chi connectivity index (χ1) is 10.6. The maximum absolute atomic E-state index is 6.00. The molecule has 0 heterocycles. The average Bonchev–Trinajstić information content (AvgIpc) is 2.51. The molecule has 0 saturated carbocycles. The molecule has 0 amide bonds. The van der Waals surface area contributed by atoms with Crippen LogP contribution < -0.4 is 16.4 Å². The molecule has 0 aliphatic rings. The van der Waals surface area contributed by atoms with Gasteiger partial charge in [0.15, 0.2) is 5.11 Å². The van der Waals surface area contributed by atoms with Gasteiger partial charge in [-0.05, 0) is 42.6 Å². The lowest BCUT2D eigenvalue weighted by molar-refractivity contribution is 0.697. The van der Waals surface area contributed by atoms with Crippen molar-refractivity contribution in [3.05, 3.63) is 29.3 Å². The van der Waals surface area contributed by atoms with E-state index in [4.69, 9.17) is 18.0 Å². The van der Waals surface area contributed by atoms with Crippen molar-refractivity contribution >= 4 is 29.0 Å². The third-order valence-electron chi connectivity index (χ3n) is 3.53. The molecule has 1 rings (SSSR count). The second kappa shape index (κ2) is 10.2. The van der Waals surface area contributed by atoms with E-state index in [1.54, 1.807) is 0 Å². The third-order valence-corrected chi connectivity index (χ3v) is 3.77. The lowest BCUT2D eigenvalue weighted by Crippen LogP contribution is -2.29. The van der Waals surface area contributed by atoms with Crippen molar-refractivity contribution in [2.24, 2.45) is 10.7 Å². The molecule has 0 radical (unpaired) electrons. The Labute approximate surface area is 139 Å². The SMILES string of the molecule is CCCCCNC(=S)/N=C(\N)Nc1c(CC)cccc1CC. The van der Waals surface area contributed by atoms with Crippen LogP contribution in [0.2, 0.25) is 0 Å². The standard InChI is InChI=1S/C17H28N4S/c1-4-7-8-12-19-17(22)21-16(18)20-15-13(5-2)10-9-11-14(15)6-3/h9-11H,4-8,12H2,1-3H3,(H4,18,19,20,21,22). The van der Waals surface area contributed by atoms with Crippen molar-refractivity contribution in [2.75, 3.05) is 11.9 Å². The van der Waals surface area contributed by atoms with E-state index in [-0.39, 0.29) is 0 Å². The fourth-order valence-corrected chi connectivity index (χ4v) is 2.48. The van der Waals surface area contributed by atoms with Gasteiger partial charge in [-0.25, -0.2) is 0 Å². The predicted molar refractivity (Wildman–Crippen MR) is 101 cm³/mol. The lowest BCUT2D eigenvalue weighted by atomic mass is 10.0. The smallest absolute Gasteiger partial charge is 0.200 e. The number of aliphatic imine (C=N–C) groups is 1. The summed E-state index contributed by atoms with van der Waals surface area (Å²) in [7, 11) is 0. The van der Waals surface area contributed by atoms with Crippen molar-refractivity contribution in [3.8, 4) is 0 Å². The summed E-state index contributed by atoms with van der Waals surface area (Å²) < 4.78 is 0. The van der Waals surface area contributed by atoms with Crippen LogP contribution in [-0.4, -0.2) is 17.6 Å². The van der Waals surface area contributed by atoms with E-state index in [0.29, 0.717) is 11.1 Å². The predicted octanol–water partition coefficient (Wildman–Crippen LogP) is 3.60. The summed E-state index contributed by atoms with van der Waals surface area (Å²) in [6.07, 6.45) is 5.37. The van der Waals surface area contributed by atoms with Crippen molar-refractivity contribution in [1.29, 1.82) is 0 Å². The highest BCUT2D eigenvalue weighted by Gasteiger charge is 2.07. The molecule has 0 spiro atoms. The van der Waals surface area contributed by atoms with Gasteiger partial charge in [0, 0.05) is 12.2 Å². The summed E-state index contributed by atoms with van der Waals surface area (Å²) in [6.45, 7) is 7.28. The van der Waals surface area contributed by atoms with E-state index in [1.807, 2.05) is 0 Å². The number of thiocarbonyl (C=S) groups is 1. The van der Waals surface area contributed by atoms with E-state index in [9.17, 15) is 0 Å². The number of aryl methyl sites for hydroxylation is 2. The van der Waals surface area contributed by atoms with Crippen molar-refractivity contribution in [2.45, 2.75) is 52.9 Å². The van der Waals surface area contributed by atoms with Gasteiger partial charge in [-0.1, -0.05) is 51.8 Å². The molecule has 0 bridgehead atoms. The van der Waals surface area contributed by atoms with E-state index >= 15 is 0 Å². The summed E-state index contributed by atoms with van der Waals surface area (Å²) in [5.41, 5.74) is 9.52. The molecule has 0 fully saturated rings. The van der Waals surface area contributed by atoms with Gasteiger partial charge in [0.1, 0.15) is 0 Å². The lowest BCUT2D eigenvalue weighted by Gasteiger charge is -2.15. The molecular weight excluding hydrogens is 292 g/mol. The van der Waals surface area contributed by atoms with Gasteiger partial charge in [-0.15, -0.1) is 0 Å². The number of benzene rings is 1. The number of nitrogens with two attached hydrogens (primary N) is 1. The maximum atomic E-state index is 6.00. The number of nitrogens with zero attached hydrogens (tertiary/aromatic N) is 1. The van der Waals surface area contributed by atoms with Gasteiger partial charge < -0.3 is 16.4 Å². The Morgan fingerprint density at radius 2 is 1.77 bits per heavy atom. The minimum absolute atomic E-state index is 0.337. The second-order valence-corrected chi connectivity index (χ2v) is 5.61. The average molecular weight is 321 g/mol. The van der Waals surface area contributed by atoms with E-state index in [1.165, 1.54) is 24.0 Å². The van der Waals surface area contributed by atoms with E-state index in [0.717, 1.165) is 31.5 Å². The Bertz CT molecular complexity index is 489. The minimum Gasteiger partial charge on any atom is -0.369 e. The molecular formula is C17H28N4S. The zero-order valence-electron chi connectivity index (χ0n) is 13.9. The Balaban J connectivity index is 2.69. The van der Waals surface area contributed by atoms with Crippen LogP contribution in [0.25, 0.3) is 0 Å². The Morgan fingerprint density at radius 3 is 2.32 bits per heavy atom. The maximum Gasteiger partial charge on any atom is 0.200 e. The molecule has 5 heteroatoms. The number of guanidine groups is 1. The highest BCUT2D eigenvalue weighted by molar-refractivity contribution is 7.80. The van der Waals surface area contributed by atoms with E-state index < -0.39 is 0 Å². The van der Waals surface area contributed by atoms with Crippen LogP contribution in [0.4, 0.5) is 5.69 Å². The molecule has 4 nitrogen and oxygen atoms in total. The van der Waals surface area contributed by atoms with Crippen LogP contribution in [0.3, 0.4) is 0 Å². The first-order valence-electron chi connectivity index (χ1n) is 8.12. The Kier molecular flexibility index (Phi) is 8.51. The van der Waals surface area contributed by atoms with Gasteiger partial charge >= 0.3 is 0 Å². The molecule has 0 aliphatic carbocycles. The summed E-state index contributed by atoms with van der Waals surface area (Å²) in [6, 6.07) is 6.29. The van der Waals surface area contributed by atoms with Gasteiger partial charge in [0.25, 0.3) is 0 Å². The van der Waals surface area contributed by atoms with Gasteiger partial charge in [0.05, 0.1) is 0 Å².